The molecule has 0 aromatic rings. The van der Waals surface area contributed by atoms with Gasteiger partial charge in [-0.1, -0.05) is 154 Å². The summed E-state index contributed by atoms with van der Waals surface area (Å²) in [5.41, 5.74) is 0. The van der Waals surface area contributed by atoms with E-state index in [1.807, 2.05) is 0 Å². The van der Waals surface area contributed by atoms with Crippen LogP contribution in [0.1, 0.15) is 201 Å². The first-order valence-electron chi connectivity index (χ1n) is 19.8. The van der Waals surface area contributed by atoms with Crippen molar-refractivity contribution >= 4 is 5.97 Å². The van der Waals surface area contributed by atoms with Crippen molar-refractivity contribution in [1.29, 1.82) is 0 Å². The number of carbonyl (C=O) groups is 1. The molecule has 0 rings (SSSR count). The highest BCUT2D eigenvalue weighted by molar-refractivity contribution is 5.66. The number of esters is 1. The molecule has 0 unspecified atom stereocenters. The maximum absolute atomic E-state index is 11.5. The lowest BCUT2D eigenvalue weighted by Gasteiger charge is -2.17. The van der Waals surface area contributed by atoms with E-state index in [0.29, 0.717) is 13.2 Å². The smallest absolute Gasteiger partial charge is 0.303 e. The van der Waals surface area contributed by atoms with Crippen LogP contribution in [0.5, 0.6) is 0 Å². The van der Waals surface area contributed by atoms with Crippen LogP contribution in [0.15, 0.2) is 24.3 Å². The Hall–Kier alpha value is -1.13. The first-order valence-corrected chi connectivity index (χ1v) is 19.8. The maximum Gasteiger partial charge on any atom is 0.303 e. The molecule has 0 aliphatic carbocycles. The molecule has 4 heteroatoms. The Morgan fingerprint density at radius 1 is 0.444 bits per heavy atom. The SMILES string of the molecule is CCCCCCCCC=CCCCCCCCCOCC(COCCCCCCCCC=CCCCCCCCC)OC(C)=O. The molecule has 0 fully saturated rings. The van der Waals surface area contributed by atoms with E-state index in [1.54, 1.807) is 0 Å². The number of hydrogen-bond acceptors (Lipinski definition) is 4. The minimum atomic E-state index is -0.300. The summed E-state index contributed by atoms with van der Waals surface area (Å²) < 4.78 is 17.1. The Kier molecular flexibility index (Phi) is 38.1. The Morgan fingerprint density at radius 2 is 0.733 bits per heavy atom. The average Bonchev–Trinajstić information content (AvgIpc) is 3.03. The molecule has 0 heterocycles. The van der Waals surface area contributed by atoms with E-state index < -0.39 is 0 Å². The second-order valence-electron chi connectivity index (χ2n) is 13.3. The molecule has 0 N–H and O–H groups in total. The van der Waals surface area contributed by atoms with Gasteiger partial charge in [0.05, 0.1) is 13.2 Å². The molecule has 0 amide bonds. The Labute approximate surface area is 281 Å². The van der Waals surface area contributed by atoms with Gasteiger partial charge in [0.2, 0.25) is 0 Å². The third-order valence-electron chi connectivity index (χ3n) is 8.54. The molecule has 4 nitrogen and oxygen atoms in total. The lowest BCUT2D eigenvalue weighted by molar-refractivity contribution is -0.153. The van der Waals surface area contributed by atoms with Crippen LogP contribution in [0.25, 0.3) is 0 Å². The van der Waals surface area contributed by atoms with Gasteiger partial charge < -0.3 is 14.2 Å². The highest BCUT2D eigenvalue weighted by Crippen LogP contribution is 2.12. The second kappa shape index (κ2) is 39.1. The highest BCUT2D eigenvalue weighted by atomic mass is 16.6. The van der Waals surface area contributed by atoms with Gasteiger partial charge in [0.15, 0.2) is 0 Å². The average molecular weight is 635 g/mol. The summed E-state index contributed by atoms with van der Waals surface area (Å²) in [5.74, 6) is -0.262. The Balaban J connectivity index is 3.52. The summed E-state index contributed by atoms with van der Waals surface area (Å²) in [6.07, 6.45) is 45.8. The van der Waals surface area contributed by atoms with Crippen LogP contribution in [0.4, 0.5) is 0 Å². The Bertz CT molecular complexity index is 583. The molecule has 45 heavy (non-hydrogen) atoms. The quantitative estimate of drug-likeness (QED) is 0.0387. The summed E-state index contributed by atoms with van der Waals surface area (Å²) in [6, 6.07) is 0. The molecule has 0 aliphatic rings. The van der Waals surface area contributed by atoms with Gasteiger partial charge in [-0.25, -0.2) is 0 Å². The highest BCUT2D eigenvalue weighted by Gasteiger charge is 2.12. The van der Waals surface area contributed by atoms with Gasteiger partial charge in [0.1, 0.15) is 6.10 Å². The summed E-state index contributed by atoms with van der Waals surface area (Å²) >= 11 is 0. The van der Waals surface area contributed by atoms with Gasteiger partial charge in [-0.15, -0.1) is 0 Å². The van der Waals surface area contributed by atoms with E-state index >= 15 is 0 Å². The fraction of sp³-hybridized carbons (Fsp3) is 0.878. The number of ether oxygens (including phenoxy) is 3. The predicted molar refractivity (Wildman–Crippen MR) is 196 cm³/mol. The van der Waals surface area contributed by atoms with Crippen molar-refractivity contribution in [3.63, 3.8) is 0 Å². The predicted octanol–water partition coefficient (Wildman–Crippen LogP) is 13.0. The van der Waals surface area contributed by atoms with E-state index in [-0.39, 0.29) is 12.1 Å². The normalized spacial score (nSPS) is 12.5. The number of rotatable bonds is 37. The fourth-order valence-corrected chi connectivity index (χ4v) is 5.68. The van der Waals surface area contributed by atoms with Crippen LogP contribution >= 0.6 is 0 Å². The molecule has 0 aromatic carbocycles. The zero-order valence-corrected chi connectivity index (χ0v) is 30.6. The molecule has 0 aromatic heterocycles. The van der Waals surface area contributed by atoms with Crippen LogP contribution in [0, 0.1) is 0 Å². The fourth-order valence-electron chi connectivity index (χ4n) is 5.68. The molecule has 0 aliphatic heterocycles. The number of unbranched alkanes of at least 4 members (excludes halogenated alkanes) is 24. The van der Waals surface area contributed by atoms with Crippen molar-refractivity contribution in [3.05, 3.63) is 24.3 Å². The molecular formula is C41H78O4. The summed E-state index contributed by atoms with van der Waals surface area (Å²) in [5, 5.41) is 0. The van der Waals surface area contributed by atoms with Crippen LogP contribution in [0.2, 0.25) is 0 Å². The minimum absolute atomic E-state index is 0.262. The topological polar surface area (TPSA) is 44.8 Å². The summed E-state index contributed by atoms with van der Waals surface area (Å²) in [4.78, 5) is 11.5. The van der Waals surface area contributed by atoms with Crippen molar-refractivity contribution in [2.24, 2.45) is 0 Å². The maximum atomic E-state index is 11.5. The summed E-state index contributed by atoms with van der Waals surface area (Å²) in [6.45, 7) is 8.34. The van der Waals surface area contributed by atoms with Gasteiger partial charge >= 0.3 is 5.97 Å². The molecule has 0 atom stereocenters. The Morgan fingerprint density at radius 3 is 1.04 bits per heavy atom. The van der Waals surface area contributed by atoms with E-state index in [1.165, 1.54) is 174 Å². The molecule has 0 saturated heterocycles. The number of allylic oxidation sites excluding steroid dienone is 4. The van der Waals surface area contributed by atoms with Gasteiger partial charge in [-0.05, 0) is 64.2 Å². The lowest BCUT2D eigenvalue weighted by atomic mass is 10.1. The van der Waals surface area contributed by atoms with Gasteiger partial charge in [0.25, 0.3) is 0 Å². The molecule has 0 spiro atoms. The third-order valence-corrected chi connectivity index (χ3v) is 8.54. The molecule has 0 radical (unpaired) electrons. The van der Waals surface area contributed by atoms with Crippen LogP contribution in [-0.4, -0.2) is 38.5 Å². The monoisotopic (exact) mass is 635 g/mol. The zero-order valence-electron chi connectivity index (χ0n) is 30.6. The molecule has 266 valence electrons. The van der Waals surface area contributed by atoms with Crippen molar-refractivity contribution < 1.29 is 19.0 Å². The molecule has 0 bridgehead atoms. The van der Waals surface area contributed by atoms with Crippen molar-refractivity contribution in [2.45, 2.75) is 207 Å². The first-order chi connectivity index (χ1) is 22.2. The van der Waals surface area contributed by atoms with Gasteiger partial charge in [0, 0.05) is 20.1 Å². The van der Waals surface area contributed by atoms with Gasteiger partial charge in [-0.3, -0.25) is 4.79 Å². The van der Waals surface area contributed by atoms with Gasteiger partial charge in [-0.2, -0.15) is 0 Å². The van der Waals surface area contributed by atoms with E-state index in [2.05, 4.69) is 38.2 Å². The van der Waals surface area contributed by atoms with Crippen LogP contribution < -0.4 is 0 Å². The summed E-state index contributed by atoms with van der Waals surface area (Å²) in [7, 11) is 0. The van der Waals surface area contributed by atoms with Crippen molar-refractivity contribution in [1.82, 2.24) is 0 Å². The van der Waals surface area contributed by atoms with E-state index in [9.17, 15) is 4.79 Å². The number of hydrogen-bond donors (Lipinski definition) is 0. The standard InChI is InChI=1S/C41H78O4/c1-4-6-8-10-12-14-16-18-20-22-24-26-28-30-32-34-36-43-38-41(45-40(3)42)39-44-37-35-33-31-29-27-25-23-21-19-17-15-13-11-9-7-5-2/h18-21,41H,4-17,22-39H2,1-3H3. The molecular weight excluding hydrogens is 556 g/mol. The van der Waals surface area contributed by atoms with Crippen molar-refractivity contribution in [3.8, 4) is 0 Å². The zero-order chi connectivity index (χ0) is 32.7. The minimum Gasteiger partial charge on any atom is -0.458 e. The third kappa shape index (κ3) is 39.0. The van der Waals surface area contributed by atoms with E-state index in [4.69, 9.17) is 14.2 Å². The first kappa shape index (κ1) is 43.9. The number of carbonyl (C=O) groups excluding carboxylic acids is 1. The van der Waals surface area contributed by atoms with Crippen LogP contribution in [0.3, 0.4) is 0 Å². The van der Waals surface area contributed by atoms with Crippen molar-refractivity contribution in [2.75, 3.05) is 26.4 Å². The second-order valence-corrected chi connectivity index (χ2v) is 13.3. The molecule has 0 saturated carbocycles. The van der Waals surface area contributed by atoms with Crippen LogP contribution in [-0.2, 0) is 19.0 Å². The lowest BCUT2D eigenvalue weighted by Crippen LogP contribution is -2.28. The largest absolute Gasteiger partial charge is 0.458 e. The van der Waals surface area contributed by atoms with E-state index in [0.717, 1.165) is 26.1 Å².